The Bertz CT molecular complexity index is 1090. The van der Waals surface area contributed by atoms with E-state index in [4.69, 9.17) is 15.9 Å². The van der Waals surface area contributed by atoms with E-state index in [1.54, 1.807) is 11.4 Å². The molecule has 1 atom stereocenters. The monoisotopic (exact) mass is 535 g/mol. The molecule has 1 aliphatic rings. The van der Waals surface area contributed by atoms with Crippen LogP contribution < -0.4 is 21.1 Å². The van der Waals surface area contributed by atoms with Crippen LogP contribution in [0.25, 0.3) is 0 Å². The van der Waals surface area contributed by atoms with E-state index in [-0.39, 0.29) is 37.5 Å². The van der Waals surface area contributed by atoms with Crippen molar-refractivity contribution in [2.24, 2.45) is 5.73 Å². The first-order chi connectivity index (χ1) is 17.8. The number of thiophene rings is 1. The lowest BCUT2D eigenvalue weighted by Crippen LogP contribution is -2.48. The van der Waals surface area contributed by atoms with Crippen LogP contribution in [-0.4, -0.2) is 54.7 Å². The zero-order valence-corrected chi connectivity index (χ0v) is 21.3. The highest BCUT2D eigenvalue weighted by Crippen LogP contribution is 2.27. The molecule has 200 valence electrons. The van der Waals surface area contributed by atoms with Crippen molar-refractivity contribution in [3.8, 4) is 5.75 Å². The Hall–Kier alpha value is -3.80. The first kappa shape index (κ1) is 29.4. The van der Waals surface area contributed by atoms with Gasteiger partial charge in [-0.3, -0.25) is 19.8 Å². The molecule has 0 aliphatic carbocycles. The highest BCUT2D eigenvalue weighted by Gasteiger charge is 2.38. The Kier molecular flexibility index (Phi) is 12.2. The number of carbonyl (C=O) groups excluding carboxylic acids is 3. The van der Waals surface area contributed by atoms with Gasteiger partial charge in [0.05, 0.1) is 19.7 Å². The van der Waals surface area contributed by atoms with Crippen molar-refractivity contribution in [1.29, 1.82) is 5.41 Å². The summed E-state index contributed by atoms with van der Waals surface area (Å²) in [4.78, 5) is 36.5. The smallest absolute Gasteiger partial charge is 0.271 e. The van der Waals surface area contributed by atoms with Gasteiger partial charge in [-0.05, 0) is 24.6 Å². The van der Waals surface area contributed by atoms with Gasteiger partial charge in [-0.25, -0.2) is 0 Å². The number of hydrogen-bond donors (Lipinski definition) is 4. The van der Waals surface area contributed by atoms with Gasteiger partial charge in [-0.2, -0.15) is 8.78 Å². The summed E-state index contributed by atoms with van der Waals surface area (Å²) in [6, 6.07) is 10.5. The van der Waals surface area contributed by atoms with E-state index in [1.165, 1.54) is 17.8 Å². The molecule has 2 heterocycles. The quantitative estimate of drug-likeness (QED) is 0.152. The van der Waals surface area contributed by atoms with Gasteiger partial charge in [0, 0.05) is 34.4 Å². The summed E-state index contributed by atoms with van der Waals surface area (Å²) in [5, 5.41) is 13.8. The van der Waals surface area contributed by atoms with Crippen LogP contribution in [0.3, 0.4) is 0 Å². The molecule has 12 heteroatoms. The third-order valence-corrected chi connectivity index (χ3v) is 6.25. The lowest BCUT2D eigenvalue weighted by molar-refractivity contribution is -0.138. The molecule has 2 aromatic rings. The van der Waals surface area contributed by atoms with Crippen molar-refractivity contribution in [3.05, 3.63) is 63.9 Å². The summed E-state index contributed by atoms with van der Waals surface area (Å²) in [7, 11) is 0. The molecule has 1 unspecified atom stereocenters. The number of rotatable bonds is 11. The number of ether oxygens (including phenoxy) is 1. The molecule has 37 heavy (non-hydrogen) atoms. The first-order valence-corrected chi connectivity index (χ1v) is 12.5. The molecule has 0 radical (unpaired) electrons. The first-order valence-electron chi connectivity index (χ1n) is 11.6. The van der Waals surface area contributed by atoms with Crippen LogP contribution in [0.1, 0.15) is 36.6 Å². The number of nitrogen functional groups attached to an aromatic ring is 1. The van der Waals surface area contributed by atoms with Crippen molar-refractivity contribution in [3.63, 3.8) is 0 Å². The molecule has 1 saturated heterocycles. The summed E-state index contributed by atoms with van der Waals surface area (Å²) in [6.45, 7) is 2.39. The lowest BCUT2D eigenvalue weighted by Gasteiger charge is -2.23. The van der Waals surface area contributed by atoms with Crippen LogP contribution in [0.5, 0.6) is 5.75 Å². The van der Waals surface area contributed by atoms with Gasteiger partial charge >= 0.3 is 0 Å². The standard InChI is InChI=1S/C15H17F2N5O3S.C10H14O/c16-13(17)8-2-11(22(5-8)12(24)4-20-7-23)15(25)21-3-10-1-9(6-26-10)14(18)19;1-2-3-9-11-10-7-5-4-6-8-10/h1,6-7,11H,2-5H2,(H3,18,19)(H,20,23)(H,21,25);4-8H,2-3,9H2,1H3. The van der Waals surface area contributed by atoms with Crippen molar-refractivity contribution < 1.29 is 27.9 Å². The maximum Gasteiger partial charge on any atom is 0.271 e. The number of para-hydroxylation sites is 1. The predicted molar refractivity (Wildman–Crippen MR) is 137 cm³/mol. The Balaban J connectivity index is 0.000000364. The second-order valence-electron chi connectivity index (χ2n) is 8.05. The number of carbonyl (C=O) groups is 3. The summed E-state index contributed by atoms with van der Waals surface area (Å²) >= 11 is 1.29. The Morgan fingerprint density at radius 2 is 2.03 bits per heavy atom. The van der Waals surface area contributed by atoms with E-state index in [2.05, 4.69) is 17.6 Å². The van der Waals surface area contributed by atoms with Crippen LogP contribution in [0.4, 0.5) is 8.78 Å². The minimum atomic E-state index is -1.91. The Morgan fingerprint density at radius 1 is 1.30 bits per heavy atom. The van der Waals surface area contributed by atoms with E-state index >= 15 is 0 Å². The molecule has 5 N–H and O–H groups in total. The fourth-order valence-corrected chi connectivity index (χ4v) is 4.17. The SMILES string of the molecule is CCCCOc1ccccc1.N=C(N)c1csc(CNC(=O)C2CC(=C(F)F)CN2C(=O)CNC=O)c1. The van der Waals surface area contributed by atoms with Crippen LogP contribution >= 0.6 is 11.3 Å². The zero-order valence-electron chi connectivity index (χ0n) is 20.5. The number of amides is 3. The number of halogens is 2. The van der Waals surface area contributed by atoms with Gasteiger partial charge in [0.2, 0.25) is 18.2 Å². The normalized spacial score (nSPS) is 14.3. The molecule has 0 saturated carbocycles. The minimum absolute atomic E-state index is 0.0951. The molecule has 1 aromatic carbocycles. The summed E-state index contributed by atoms with van der Waals surface area (Å²) in [6.07, 6.45) is 0.468. The number of nitrogens with one attached hydrogen (secondary N) is 3. The van der Waals surface area contributed by atoms with Crippen molar-refractivity contribution in [1.82, 2.24) is 15.5 Å². The van der Waals surface area contributed by atoms with Crippen LogP contribution in [0, 0.1) is 5.41 Å². The molecule has 1 aromatic heterocycles. The fraction of sp³-hybridized carbons (Fsp3) is 0.360. The Labute approximate surface area is 218 Å². The van der Waals surface area contributed by atoms with Crippen molar-refractivity contribution in [2.45, 2.75) is 38.8 Å². The molecule has 1 fully saturated rings. The third kappa shape index (κ3) is 9.64. The van der Waals surface area contributed by atoms with Crippen LogP contribution in [0.15, 0.2) is 53.4 Å². The molecular weight excluding hydrogens is 504 g/mol. The lowest BCUT2D eigenvalue weighted by atomic mass is 10.1. The summed E-state index contributed by atoms with van der Waals surface area (Å²) < 4.78 is 31.3. The molecule has 0 spiro atoms. The average molecular weight is 536 g/mol. The van der Waals surface area contributed by atoms with Gasteiger partial charge in [-0.1, -0.05) is 31.5 Å². The number of unbranched alkanes of at least 4 members (excludes halogenated alkanes) is 1. The number of likely N-dealkylation sites (tertiary alicyclic amines) is 1. The van der Waals surface area contributed by atoms with Crippen LogP contribution in [0.2, 0.25) is 0 Å². The number of hydrogen-bond acceptors (Lipinski definition) is 6. The number of nitrogens with zero attached hydrogens (tertiary/aromatic N) is 1. The number of amidine groups is 1. The zero-order chi connectivity index (χ0) is 27.2. The van der Waals surface area contributed by atoms with E-state index in [0.29, 0.717) is 12.0 Å². The van der Waals surface area contributed by atoms with E-state index < -0.39 is 23.9 Å². The minimum Gasteiger partial charge on any atom is -0.494 e. The molecule has 3 amide bonds. The van der Waals surface area contributed by atoms with E-state index in [1.807, 2.05) is 30.3 Å². The van der Waals surface area contributed by atoms with Crippen LogP contribution in [-0.2, 0) is 20.9 Å². The molecular formula is C25H31F2N5O4S. The predicted octanol–water partition coefficient (Wildman–Crippen LogP) is 3.01. The van der Waals surface area contributed by atoms with E-state index in [0.717, 1.165) is 28.6 Å². The second kappa shape index (κ2) is 15.3. The fourth-order valence-electron chi connectivity index (χ4n) is 3.35. The maximum absolute atomic E-state index is 12.9. The highest BCUT2D eigenvalue weighted by molar-refractivity contribution is 7.10. The number of benzene rings is 1. The van der Waals surface area contributed by atoms with E-state index in [9.17, 15) is 23.2 Å². The number of nitrogens with two attached hydrogens (primary N) is 1. The maximum atomic E-state index is 12.9. The molecule has 9 nitrogen and oxygen atoms in total. The van der Waals surface area contributed by atoms with Gasteiger partial charge < -0.3 is 26.0 Å². The van der Waals surface area contributed by atoms with Crippen molar-refractivity contribution in [2.75, 3.05) is 19.7 Å². The van der Waals surface area contributed by atoms with Gasteiger partial charge in [0.15, 0.2) is 0 Å². The highest BCUT2D eigenvalue weighted by atomic mass is 32.1. The van der Waals surface area contributed by atoms with Gasteiger partial charge in [0.1, 0.15) is 17.6 Å². The van der Waals surface area contributed by atoms with Gasteiger partial charge in [-0.15, -0.1) is 11.3 Å². The largest absolute Gasteiger partial charge is 0.494 e. The average Bonchev–Trinajstić information content (AvgIpc) is 3.55. The molecule has 0 bridgehead atoms. The third-order valence-electron chi connectivity index (χ3n) is 5.32. The molecule has 3 rings (SSSR count). The molecule has 1 aliphatic heterocycles. The topological polar surface area (TPSA) is 138 Å². The Morgan fingerprint density at radius 3 is 2.62 bits per heavy atom. The van der Waals surface area contributed by atoms with Crippen molar-refractivity contribution >= 4 is 35.4 Å². The van der Waals surface area contributed by atoms with Gasteiger partial charge in [0.25, 0.3) is 6.08 Å². The summed E-state index contributed by atoms with van der Waals surface area (Å²) in [5.41, 5.74) is 5.62. The summed E-state index contributed by atoms with van der Waals surface area (Å²) in [5.74, 6) is -0.315. The second-order valence-corrected chi connectivity index (χ2v) is 9.05.